The topological polar surface area (TPSA) is 26.0 Å². The average Bonchev–Trinajstić information content (AvgIpc) is 3.11. The van der Waals surface area contributed by atoms with Gasteiger partial charge in [0.25, 0.3) is 0 Å². The number of aromatic nitrogens is 1. The molecule has 0 aliphatic carbocycles. The molecule has 160 valence electrons. The van der Waals surface area contributed by atoms with E-state index in [1.807, 2.05) is 36.4 Å². The van der Waals surface area contributed by atoms with Gasteiger partial charge in [0.2, 0.25) is 0 Å². The van der Waals surface area contributed by atoms with E-state index in [-0.39, 0.29) is 0 Å². The number of nitrogens with zero attached hydrogens (tertiary/aromatic N) is 1. The van der Waals surface area contributed by atoms with E-state index in [0.29, 0.717) is 16.1 Å². The van der Waals surface area contributed by atoms with Crippen molar-refractivity contribution in [3.8, 4) is 0 Å². The number of benzene rings is 3. The molecule has 0 saturated carbocycles. The molecule has 0 unspecified atom stereocenters. The third-order valence-corrected chi connectivity index (χ3v) is 6.24. The number of hydrogen-bond donors (Lipinski definition) is 0. The predicted molar refractivity (Wildman–Crippen MR) is 138 cm³/mol. The summed E-state index contributed by atoms with van der Waals surface area (Å²) in [5.41, 5.74) is 6.22. The van der Waals surface area contributed by atoms with Crippen LogP contribution in [0, 0.1) is 12.8 Å². The molecule has 5 aromatic rings. The minimum absolute atomic E-state index is 0.446. The van der Waals surface area contributed by atoms with Gasteiger partial charge in [-0.25, -0.2) is 4.98 Å². The van der Waals surface area contributed by atoms with Gasteiger partial charge in [0.05, 0.1) is 0 Å². The first kappa shape index (κ1) is 21.1. The van der Waals surface area contributed by atoms with E-state index >= 15 is 0 Å². The third-order valence-electron chi connectivity index (χ3n) is 5.74. The highest BCUT2D eigenvalue weighted by molar-refractivity contribution is 6.36. The molecule has 0 saturated heterocycles. The molecule has 2 heterocycles. The van der Waals surface area contributed by atoms with Gasteiger partial charge in [0.15, 0.2) is 0 Å². The fourth-order valence-electron chi connectivity index (χ4n) is 4.48. The van der Waals surface area contributed by atoms with Crippen molar-refractivity contribution in [2.45, 2.75) is 27.2 Å². The molecule has 4 heteroatoms. The summed E-state index contributed by atoms with van der Waals surface area (Å²) in [6.45, 7) is 6.55. The summed E-state index contributed by atoms with van der Waals surface area (Å²) in [7, 11) is 0. The summed E-state index contributed by atoms with van der Waals surface area (Å²) < 4.78 is 6.31. The van der Waals surface area contributed by atoms with E-state index in [0.717, 1.165) is 55.8 Å². The van der Waals surface area contributed by atoms with Crippen LogP contribution >= 0.6 is 23.2 Å². The maximum Gasteiger partial charge on any atom is 0.142 e. The van der Waals surface area contributed by atoms with Gasteiger partial charge in [-0.3, -0.25) is 0 Å². The monoisotopic (exact) mass is 459 g/mol. The number of allylic oxidation sites excluding steroid dienone is 1. The van der Waals surface area contributed by atoms with Crippen molar-refractivity contribution in [2.24, 2.45) is 5.92 Å². The van der Waals surface area contributed by atoms with Crippen LogP contribution < -0.4 is 0 Å². The molecule has 0 amide bonds. The third kappa shape index (κ3) is 3.79. The lowest BCUT2D eigenvalue weighted by Crippen LogP contribution is -1.95. The number of para-hydroxylation sites is 1. The molecular weight excluding hydrogens is 437 g/mol. The highest BCUT2D eigenvalue weighted by Crippen LogP contribution is 2.38. The van der Waals surface area contributed by atoms with Crippen LogP contribution in [-0.4, -0.2) is 4.98 Å². The first-order chi connectivity index (χ1) is 15.4. The zero-order valence-corrected chi connectivity index (χ0v) is 19.8. The molecule has 0 fully saturated rings. The van der Waals surface area contributed by atoms with Gasteiger partial charge in [-0.15, -0.1) is 0 Å². The SMILES string of the molecule is Cc1cc(/C=C(\CC(C)C)c2cc(Cl)cc3ccnc(Cl)c23)c2oc3ccccc3c2c1. The van der Waals surface area contributed by atoms with Crippen molar-refractivity contribution in [2.75, 3.05) is 0 Å². The van der Waals surface area contributed by atoms with Crippen molar-refractivity contribution < 1.29 is 4.42 Å². The molecule has 2 nitrogen and oxygen atoms in total. The molecule has 32 heavy (non-hydrogen) atoms. The summed E-state index contributed by atoms with van der Waals surface area (Å²) in [4.78, 5) is 4.34. The molecule has 0 N–H and O–H groups in total. The first-order valence-corrected chi connectivity index (χ1v) is 11.5. The fraction of sp³-hybridized carbons (Fsp3) is 0.179. The summed E-state index contributed by atoms with van der Waals surface area (Å²) in [6.07, 6.45) is 4.82. The number of hydrogen-bond acceptors (Lipinski definition) is 2. The molecular formula is C28H23Cl2NO. The van der Waals surface area contributed by atoms with E-state index in [2.05, 4.69) is 50.0 Å². The van der Waals surface area contributed by atoms with Gasteiger partial charge in [-0.05, 0) is 83.8 Å². The smallest absolute Gasteiger partial charge is 0.142 e. The van der Waals surface area contributed by atoms with Gasteiger partial charge in [0, 0.05) is 32.9 Å². The van der Waals surface area contributed by atoms with Crippen molar-refractivity contribution in [3.05, 3.63) is 87.7 Å². The number of pyridine rings is 1. The highest BCUT2D eigenvalue weighted by Gasteiger charge is 2.16. The van der Waals surface area contributed by atoms with E-state index in [1.54, 1.807) is 6.20 Å². The molecule has 3 aromatic carbocycles. The summed E-state index contributed by atoms with van der Waals surface area (Å²) in [6, 6.07) is 18.4. The highest BCUT2D eigenvalue weighted by atomic mass is 35.5. The van der Waals surface area contributed by atoms with Crippen LogP contribution in [0.5, 0.6) is 0 Å². The number of fused-ring (bicyclic) bond motifs is 4. The van der Waals surface area contributed by atoms with Crippen molar-refractivity contribution in [1.29, 1.82) is 0 Å². The van der Waals surface area contributed by atoms with Crippen LogP contribution in [0.3, 0.4) is 0 Å². The second-order valence-corrected chi connectivity index (χ2v) is 9.54. The molecule has 0 bridgehead atoms. The Bertz CT molecular complexity index is 1510. The predicted octanol–water partition coefficient (Wildman–Crippen LogP) is 9.34. The minimum Gasteiger partial charge on any atom is -0.455 e. The standard InChI is InChI=1S/C28H23Cl2NO/c1-16(2)10-19(23-15-21(29)14-18-8-9-31-28(30)26(18)23)13-20-11-17(3)12-24-22-6-4-5-7-25(22)32-27(20)24/h4-9,11-16H,10H2,1-3H3/b19-13+. The molecule has 0 radical (unpaired) electrons. The normalized spacial score (nSPS) is 12.5. The van der Waals surface area contributed by atoms with Gasteiger partial charge < -0.3 is 4.42 Å². The Labute approximate surface area is 197 Å². The molecule has 2 aromatic heterocycles. The number of aryl methyl sites for hydroxylation is 1. The lowest BCUT2D eigenvalue weighted by Gasteiger charge is -2.15. The maximum atomic E-state index is 6.57. The fourth-order valence-corrected chi connectivity index (χ4v) is 4.97. The Morgan fingerprint density at radius 2 is 1.84 bits per heavy atom. The molecule has 5 rings (SSSR count). The zero-order valence-electron chi connectivity index (χ0n) is 18.2. The largest absolute Gasteiger partial charge is 0.455 e. The van der Waals surface area contributed by atoms with Gasteiger partial charge in [-0.1, -0.05) is 55.2 Å². The zero-order chi connectivity index (χ0) is 22.4. The van der Waals surface area contributed by atoms with Gasteiger partial charge in [-0.2, -0.15) is 0 Å². The average molecular weight is 460 g/mol. The Balaban J connectivity index is 1.82. The molecule has 0 aliphatic rings. The van der Waals surface area contributed by atoms with Crippen LogP contribution in [0.15, 0.2) is 65.2 Å². The number of rotatable bonds is 4. The Hall–Kier alpha value is -2.81. The van der Waals surface area contributed by atoms with E-state index in [1.165, 1.54) is 5.56 Å². The Kier molecular flexibility index (Phi) is 5.44. The Morgan fingerprint density at radius 3 is 2.66 bits per heavy atom. The summed E-state index contributed by atoms with van der Waals surface area (Å²) >= 11 is 13.1. The Morgan fingerprint density at radius 1 is 1.03 bits per heavy atom. The minimum atomic E-state index is 0.446. The lowest BCUT2D eigenvalue weighted by atomic mass is 9.91. The van der Waals surface area contributed by atoms with Crippen LogP contribution in [0.25, 0.3) is 44.4 Å². The van der Waals surface area contributed by atoms with Crippen LogP contribution in [0.1, 0.15) is 37.0 Å². The second kappa shape index (κ2) is 8.27. The molecule has 0 aliphatic heterocycles. The van der Waals surface area contributed by atoms with Crippen molar-refractivity contribution >= 4 is 67.6 Å². The van der Waals surface area contributed by atoms with E-state index in [4.69, 9.17) is 27.6 Å². The van der Waals surface area contributed by atoms with E-state index in [9.17, 15) is 0 Å². The van der Waals surface area contributed by atoms with Crippen molar-refractivity contribution in [3.63, 3.8) is 0 Å². The van der Waals surface area contributed by atoms with Gasteiger partial charge in [0.1, 0.15) is 16.3 Å². The lowest BCUT2D eigenvalue weighted by molar-refractivity contribution is 0.667. The van der Waals surface area contributed by atoms with Crippen LogP contribution in [0.4, 0.5) is 0 Å². The van der Waals surface area contributed by atoms with Crippen LogP contribution in [-0.2, 0) is 0 Å². The summed E-state index contributed by atoms with van der Waals surface area (Å²) in [5.74, 6) is 0.446. The maximum absolute atomic E-state index is 6.57. The second-order valence-electron chi connectivity index (χ2n) is 8.75. The number of furan rings is 1. The summed E-state index contributed by atoms with van der Waals surface area (Å²) in [5, 5.41) is 5.35. The quantitative estimate of drug-likeness (QED) is 0.197. The van der Waals surface area contributed by atoms with E-state index < -0.39 is 0 Å². The molecule has 0 atom stereocenters. The number of halogens is 2. The van der Waals surface area contributed by atoms with Gasteiger partial charge >= 0.3 is 0 Å². The van der Waals surface area contributed by atoms with Crippen molar-refractivity contribution in [1.82, 2.24) is 4.98 Å². The van der Waals surface area contributed by atoms with Crippen LogP contribution in [0.2, 0.25) is 10.2 Å². The molecule has 0 spiro atoms. The first-order valence-electron chi connectivity index (χ1n) is 10.8.